The predicted molar refractivity (Wildman–Crippen MR) is 160 cm³/mol. The minimum absolute atomic E-state index is 0.00214. The van der Waals surface area contributed by atoms with Crippen LogP contribution in [0.2, 0.25) is 0 Å². The lowest BCUT2D eigenvalue weighted by molar-refractivity contribution is -0.200. The quantitative estimate of drug-likeness (QED) is 0.417. The second-order valence-electron chi connectivity index (χ2n) is 13.8. The summed E-state index contributed by atoms with van der Waals surface area (Å²) in [5.74, 6) is -0.330. The number of hydrogen-bond acceptors (Lipinski definition) is 6. The van der Waals surface area contributed by atoms with E-state index in [0.717, 1.165) is 29.5 Å². The highest BCUT2D eigenvalue weighted by molar-refractivity contribution is 6.01. The van der Waals surface area contributed by atoms with Gasteiger partial charge in [0.2, 0.25) is 0 Å². The van der Waals surface area contributed by atoms with Gasteiger partial charge in [-0.2, -0.15) is 0 Å². The van der Waals surface area contributed by atoms with Crippen LogP contribution in [-0.4, -0.2) is 34.5 Å². The topological polar surface area (TPSA) is 98.9 Å². The summed E-state index contributed by atoms with van der Waals surface area (Å²) in [6.45, 7) is 6.05. The van der Waals surface area contributed by atoms with Crippen molar-refractivity contribution in [2.45, 2.75) is 83.4 Å². The van der Waals surface area contributed by atoms with Crippen LogP contribution >= 0.6 is 0 Å². The van der Waals surface area contributed by atoms with Crippen LogP contribution < -0.4 is 5.73 Å². The maximum atomic E-state index is 15.7. The zero-order valence-corrected chi connectivity index (χ0v) is 25.0. The van der Waals surface area contributed by atoms with Gasteiger partial charge < -0.3 is 20.3 Å². The summed E-state index contributed by atoms with van der Waals surface area (Å²) < 4.78 is 28.9. The molecule has 0 aromatic heterocycles. The van der Waals surface area contributed by atoms with Gasteiger partial charge in [-0.1, -0.05) is 56.7 Å². The zero-order chi connectivity index (χ0) is 30.3. The molecule has 1 unspecified atom stereocenters. The van der Waals surface area contributed by atoms with E-state index in [1.165, 1.54) is 6.07 Å². The number of aliphatic hydroxyl groups excluding tert-OH is 1. The number of halogens is 1. The molecule has 6 nitrogen and oxygen atoms in total. The Morgan fingerprint density at radius 3 is 2.60 bits per heavy atom. The molecule has 2 aromatic rings. The van der Waals surface area contributed by atoms with Crippen LogP contribution in [-0.2, 0) is 25.5 Å². The molecular weight excluding hydrogens is 545 g/mol. The standard InChI is InChI=1S/C36H40FNO5/c1-4-30(41)36-31(42-33(43-36)26-11-7-21(16-28(26)37)15-20-5-9-23(38)10-6-20)18-27-25-12-8-22-17-24(39)13-14-34(22,2)32(25)29(40)19-35(27,36)3/h5-7,9-11,13-14,16-17,25,27,29,31-33,40H,4,8,12,15,18-19,38H2,1-3H3/t25-,27-,29-,31+,32+,33?,34-,35-,36+/m0/s1. The second-order valence-corrected chi connectivity index (χ2v) is 13.8. The van der Waals surface area contributed by atoms with Gasteiger partial charge in [0.05, 0.1) is 12.2 Å². The van der Waals surface area contributed by atoms with E-state index in [-0.39, 0.29) is 41.3 Å². The fraction of sp³-hybridized carbons (Fsp3) is 0.500. The van der Waals surface area contributed by atoms with Crippen LogP contribution in [0.25, 0.3) is 0 Å². The lowest BCUT2D eigenvalue weighted by Crippen LogP contribution is -2.62. The minimum Gasteiger partial charge on any atom is -0.399 e. The summed E-state index contributed by atoms with van der Waals surface area (Å²) in [6.07, 6.45) is 6.56. The molecule has 0 amide bonds. The molecule has 4 aliphatic carbocycles. The summed E-state index contributed by atoms with van der Waals surface area (Å²) in [5.41, 5.74) is 7.33. The molecule has 0 spiro atoms. The smallest absolute Gasteiger partial charge is 0.188 e. The fourth-order valence-electron chi connectivity index (χ4n) is 9.71. The van der Waals surface area contributed by atoms with Crippen molar-refractivity contribution in [1.29, 1.82) is 0 Å². The molecule has 1 saturated heterocycles. The van der Waals surface area contributed by atoms with Crippen molar-refractivity contribution >= 4 is 17.3 Å². The SMILES string of the molecule is CCC(=O)[C@@]12OC(c3ccc(Cc4ccc(N)cc4)cc3F)O[C@@H]1C[C@H]1[C@@H]3CCC4=CC(=O)C=C[C@]4(C)[C@H]3[C@@H](O)C[C@@]12C. The first-order valence-electron chi connectivity index (χ1n) is 15.6. The normalized spacial score (nSPS) is 39.5. The van der Waals surface area contributed by atoms with Crippen LogP contribution in [0, 0.1) is 34.4 Å². The largest absolute Gasteiger partial charge is 0.399 e. The van der Waals surface area contributed by atoms with Crippen molar-refractivity contribution in [2.75, 3.05) is 5.73 Å². The first-order chi connectivity index (χ1) is 20.5. The Bertz CT molecular complexity index is 1550. The number of Topliss-reactive ketones (excluding diaryl/α,β-unsaturated/α-hetero) is 1. The molecule has 9 atom stereocenters. The van der Waals surface area contributed by atoms with Crippen molar-refractivity contribution in [3.05, 3.63) is 88.8 Å². The molecule has 5 aliphatic rings. The molecule has 7 heteroatoms. The highest BCUT2D eigenvalue weighted by Gasteiger charge is 2.75. The van der Waals surface area contributed by atoms with Crippen LogP contribution in [0.5, 0.6) is 0 Å². The summed E-state index contributed by atoms with van der Waals surface area (Å²) in [4.78, 5) is 26.1. The highest BCUT2D eigenvalue weighted by Crippen LogP contribution is 2.70. The van der Waals surface area contributed by atoms with Crippen molar-refractivity contribution in [3.8, 4) is 0 Å². The summed E-state index contributed by atoms with van der Waals surface area (Å²) in [7, 11) is 0. The average molecular weight is 586 g/mol. The number of carbonyl (C=O) groups excluding carboxylic acids is 2. The molecule has 1 aliphatic heterocycles. The molecule has 1 heterocycles. The van der Waals surface area contributed by atoms with Crippen molar-refractivity contribution in [1.82, 2.24) is 0 Å². The van der Waals surface area contributed by atoms with Crippen LogP contribution in [0.1, 0.15) is 75.9 Å². The molecule has 4 fully saturated rings. The molecule has 0 radical (unpaired) electrons. The van der Waals surface area contributed by atoms with Gasteiger partial charge >= 0.3 is 0 Å². The minimum atomic E-state index is -1.27. The number of fused-ring (bicyclic) bond motifs is 7. The molecular formula is C36H40FNO5. The van der Waals surface area contributed by atoms with E-state index in [1.54, 1.807) is 18.2 Å². The molecule has 2 aromatic carbocycles. The van der Waals surface area contributed by atoms with Gasteiger partial charge in [0.15, 0.2) is 23.5 Å². The number of benzene rings is 2. The Morgan fingerprint density at radius 1 is 1.14 bits per heavy atom. The van der Waals surface area contributed by atoms with Gasteiger partial charge in [0.1, 0.15) is 5.82 Å². The Hall–Kier alpha value is -3.13. The lowest BCUT2D eigenvalue weighted by atomic mass is 9.46. The number of aliphatic hydroxyl groups is 1. The van der Waals surface area contributed by atoms with Gasteiger partial charge in [-0.15, -0.1) is 0 Å². The molecule has 3 N–H and O–H groups in total. The number of allylic oxidation sites excluding steroid dienone is 4. The lowest BCUT2D eigenvalue weighted by Gasteiger charge is -2.59. The third-order valence-electron chi connectivity index (χ3n) is 11.7. The van der Waals surface area contributed by atoms with Crippen LogP contribution in [0.15, 0.2) is 66.3 Å². The Labute approximate surface area is 252 Å². The second kappa shape index (κ2) is 9.94. The maximum absolute atomic E-state index is 15.7. The molecule has 3 saturated carbocycles. The van der Waals surface area contributed by atoms with E-state index in [2.05, 4.69) is 13.8 Å². The maximum Gasteiger partial charge on any atom is 0.188 e. The van der Waals surface area contributed by atoms with Crippen molar-refractivity contribution in [2.24, 2.45) is 28.6 Å². The average Bonchev–Trinajstić information content (AvgIpc) is 3.47. The number of anilines is 1. The van der Waals surface area contributed by atoms with E-state index < -0.39 is 40.7 Å². The van der Waals surface area contributed by atoms with E-state index >= 15 is 4.39 Å². The number of ether oxygens (including phenoxy) is 2. The van der Waals surface area contributed by atoms with E-state index in [4.69, 9.17) is 15.2 Å². The van der Waals surface area contributed by atoms with E-state index in [9.17, 15) is 14.7 Å². The Balaban J connectivity index is 1.19. The monoisotopic (exact) mass is 585 g/mol. The van der Waals surface area contributed by atoms with Gasteiger partial charge in [0.25, 0.3) is 0 Å². The summed E-state index contributed by atoms with van der Waals surface area (Å²) in [5, 5.41) is 11.8. The van der Waals surface area contributed by atoms with Crippen molar-refractivity contribution < 1.29 is 28.6 Å². The molecule has 0 bridgehead atoms. The Kier molecular flexibility index (Phi) is 6.62. The Morgan fingerprint density at radius 2 is 1.88 bits per heavy atom. The van der Waals surface area contributed by atoms with Crippen LogP contribution in [0.4, 0.5) is 10.1 Å². The van der Waals surface area contributed by atoms with Gasteiger partial charge in [-0.05, 0) is 85.4 Å². The molecule has 43 heavy (non-hydrogen) atoms. The van der Waals surface area contributed by atoms with E-state index in [0.29, 0.717) is 24.9 Å². The number of carbonyl (C=O) groups is 2. The van der Waals surface area contributed by atoms with E-state index in [1.807, 2.05) is 43.3 Å². The van der Waals surface area contributed by atoms with Crippen LogP contribution in [0.3, 0.4) is 0 Å². The van der Waals surface area contributed by atoms with Crippen molar-refractivity contribution in [3.63, 3.8) is 0 Å². The number of nitrogens with two attached hydrogens (primary N) is 1. The predicted octanol–water partition coefficient (Wildman–Crippen LogP) is 6.02. The third-order valence-corrected chi connectivity index (χ3v) is 11.7. The fourth-order valence-corrected chi connectivity index (χ4v) is 9.71. The number of nitrogen functional groups attached to an aromatic ring is 1. The third kappa shape index (κ3) is 4.08. The van der Waals surface area contributed by atoms with Gasteiger partial charge in [-0.3, -0.25) is 9.59 Å². The first kappa shape index (κ1) is 28.6. The summed E-state index contributed by atoms with van der Waals surface area (Å²) >= 11 is 0. The summed E-state index contributed by atoms with van der Waals surface area (Å²) in [6, 6.07) is 12.6. The molecule has 226 valence electrons. The number of hydrogen-bond donors (Lipinski definition) is 2. The molecule has 7 rings (SSSR count). The van der Waals surface area contributed by atoms with Gasteiger partial charge in [-0.25, -0.2) is 4.39 Å². The number of rotatable bonds is 5. The number of ketones is 2. The first-order valence-corrected chi connectivity index (χ1v) is 15.6. The van der Waals surface area contributed by atoms with Gasteiger partial charge in [0, 0.05) is 34.4 Å². The highest BCUT2D eigenvalue weighted by atomic mass is 19.1. The zero-order valence-electron chi connectivity index (χ0n) is 25.0.